The van der Waals surface area contributed by atoms with Gasteiger partial charge in [0.2, 0.25) is 11.8 Å². The highest BCUT2D eigenvalue weighted by molar-refractivity contribution is 5.81. The molecule has 1 atom stereocenters. The van der Waals surface area contributed by atoms with Gasteiger partial charge in [0.15, 0.2) is 0 Å². The molecule has 2 aromatic carbocycles. The van der Waals surface area contributed by atoms with Crippen molar-refractivity contribution in [3.8, 4) is 0 Å². The number of nitrogens with two attached hydrogens (primary N) is 1. The maximum Gasteiger partial charge on any atom is 0.235 e. The summed E-state index contributed by atoms with van der Waals surface area (Å²) in [5.74, 6) is -0.497. The minimum atomic E-state index is -0.372. The quantitative estimate of drug-likeness (QED) is 0.816. The van der Waals surface area contributed by atoms with Gasteiger partial charge >= 0.3 is 0 Å². The number of benzene rings is 2. The van der Waals surface area contributed by atoms with Gasteiger partial charge in [0.25, 0.3) is 0 Å². The molecule has 2 N–H and O–H groups in total. The monoisotopic (exact) mass is 410 g/mol. The van der Waals surface area contributed by atoms with Crippen molar-refractivity contribution in [2.45, 2.75) is 25.4 Å². The summed E-state index contributed by atoms with van der Waals surface area (Å²) in [7, 11) is 0. The van der Waals surface area contributed by atoms with E-state index in [9.17, 15) is 14.0 Å². The summed E-state index contributed by atoms with van der Waals surface area (Å²) in [6.45, 7) is 3.86. The molecular weight excluding hydrogens is 383 g/mol. The van der Waals surface area contributed by atoms with Crippen LogP contribution in [0.2, 0.25) is 0 Å². The van der Waals surface area contributed by atoms with Crippen LogP contribution in [0.4, 0.5) is 10.1 Å². The van der Waals surface area contributed by atoms with Crippen LogP contribution in [-0.2, 0) is 22.6 Å². The molecule has 2 aliphatic rings. The Morgan fingerprint density at radius 1 is 0.967 bits per heavy atom. The summed E-state index contributed by atoms with van der Waals surface area (Å²) in [5.41, 5.74) is 8.95. The highest BCUT2D eigenvalue weighted by Gasteiger charge is 2.30. The lowest BCUT2D eigenvalue weighted by Crippen LogP contribution is -2.51. The van der Waals surface area contributed by atoms with E-state index in [-0.39, 0.29) is 23.7 Å². The van der Waals surface area contributed by atoms with Crippen molar-refractivity contribution >= 4 is 17.5 Å². The van der Waals surface area contributed by atoms with E-state index in [0.717, 1.165) is 24.3 Å². The molecule has 0 saturated carbocycles. The summed E-state index contributed by atoms with van der Waals surface area (Å²) in [6, 6.07) is 14.1. The van der Waals surface area contributed by atoms with Gasteiger partial charge in [-0.2, -0.15) is 0 Å². The Labute approximate surface area is 176 Å². The van der Waals surface area contributed by atoms with Crippen molar-refractivity contribution in [1.29, 1.82) is 0 Å². The number of carbonyl (C=O) groups excluding carboxylic acids is 2. The van der Waals surface area contributed by atoms with Crippen LogP contribution in [0.3, 0.4) is 0 Å². The second kappa shape index (κ2) is 8.83. The van der Waals surface area contributed by atoms with Gasteiger partial charge < -0.3 is 15.5 Å². The first kappa shape index (κ1) is 20.3. The van der Waals surface area contributed by atoms with E-state index in [1.165, 1.54) is 17.7 Å². The van der Waals surface area contributed by atoms with Crippen molar-refractivity contribution in [3.63, 3.8) is 0 Å². The summed E-state index contributed by atoms with van der Waals surface area (Å²) < 4.78 is 13.1. The minimum absolute atomic E-state index is 0.0934. The maximum absolute atomic E-state index is 13.1. The fourth-order valence-electron chi connectivity index (χ4n) is 4.36. The van der Waals surface area contributed by atoms with E-state index in [1.807, 2.05) is 28.0 Å². The van der Waals surface area contributed by atoms with Crippen molar-refractivity contribution in [1.82, 2.24) is 9.80 Å². The van der Waals surface area contributed by atoms with E-state index in [2.05, 4.69) is 11.0 Å². The predicted molar refractivity (Wildman–Crippen MR) is 113 cm³/mol. The van der Waals surface area contributed by atoms with Crippen LogP contribution >= 0.6 is 0 Å². The molecule has 0 bridgehead atoms. The zero-order valence-electron chi connectivity index (χ0n) is 17.0. The largest absolute Gasteiger partial charge is 0.368 e. The Bertz CT molecular complexity index is 910. The Morgan fingerprint density at radius 3 is 2.30 bits per heavy atom. The molecule has 2 heterocycles. The van der Waals surface area contributed by atoms with E-state index in [0.29, 0.717) is 39.0 Å². The number of nitrogens with zero attached hydrogens (tertiary/aromatic N) is 3. The number of piperazine rings is 1. The zero-order valence-corrected chi connectivity index (χ0v) is 17.0. The molecular formula is C23H27FN4O2. The first-order valence-corrected chi connectivity index (χ1v) is 10.4. The smallest absolute Gasteiger partial charge is 0.235 e. The molecule has 7 heteroatoms. The highest BCUT2D eigenvalue weighted by Crippen LogP contribution is 2.24. The molecule has 0 aromatic heterocycles. The number of amides is 2. The van der Waals surface area contributed by atoms with Gasteiger partial charge in [-0.05, 0) is 41.8 Å². The molecule has 4 rings (SSSR count). The first-order chi connectivity index (χ1) is 14.5. The topological polar surface area (TPSA) is 69.9 Å². The third-order valence-electron chi connectivity index (χ3n) is 6.11. The number of primary amides is 1. The molecule has 1 fully saturated rings. The average molecular weight is 410 g/mol. The van der Waals surface area contributed by atoms with Crippen molar-refractivity contribution < 1.29 is 14.0 Å². The van der Waals surface area contributed by atoms with Crippen molar-refractivity contribution in [3.05, 3.63) is 65.5 Å². The maximum atomic E-state index is 13.1. The van der Waals surface area contributed by atoms with Gasteiger partial charge in [0, 0.05) is 51.4 Å². The van der Waals surface area contributed by atoms with E-state index < -0.39 is 0 Å². The Kier molecular flexibility index (Phi) is 5.99. The van der Waals surface area contributed by atoms with Crippen LogP contribution in [0.5, 0.6) is 0 Å². The molecule has 0 spiro atoms. The zero-order chi connectivity index (χ0) is 21.1. The third-order valence-corrected chi connectivity index (χ3v) is 6.11. The second-order valence-electron chi connectivity index (χ2n) is 7.96. The molecule has 158 valence electrons. The number of halogens is 1. The normalized spacial score (nSPS) is 19.4. The summed E-state index contributed by atoms with van der Waals surface area (Å²) in [4.78, 5) is 30.8. The molecule has 6 nitrogen and oxygen atoms in total. The van der Waals surface area contributed by atoms with Crippen molar-refractivity contribution in [2.75, 3.05) is 37.6 Å². The van der Waals surface area contributed by atoms with Crippen LogP contribution < -0.4 is 10.6 Å². The lowest BCUT2D eigenvalue weighted by atomic mass is 9.93. The van der Waals surface area contributed by atoms with Crippen LogP contribution in [-0.4, -0.2) is 60.4 Å². The molecule has 2 aromatic rings. The molecule has 1 unspecified atom stereocenters. The number of anilines is 1. The minimum Gasteiger partial charge on any atom is -0.368 e. The number of hydrogen-bond donors (Lipinski definition) is 1. The van der Waals surface area contributed by atoms with Gasteiger partial charge in [-0.15, -0.1) is 0 Å². The van der Waals surface area contributed by atoms with Crippen molar-refractivity contribution in [2.24, 2.45) is 5.73 Å². The van der Waals surface area contributed by atoms with Crippen LogP contribution in [0.25, 0.3) is 0 Å². The van der Waals surface area contributed by atoms with E-state index in [1.54, 1.807) is 12.1 Å². The lowest BCUT2D eigenvalue weighted by Gasteiger charge is -2.37. The molecule has 0 radical (unpaired) electrons. The molecule has 2 aliphatic heterocycles. The lowest BCUT2D eigenvalue weighted by molar-refractivity contribution is -0.133. The number of hydrogen-bond acceptors (Lipinski definition) is 4. The summed E-state index contributed by atoms with van der Waals surface area (Å²) in [5, 5.41) is 0. The fraction of sp³-hybridized carbons (Fsp3) is 0.391. The van der Waals surface area contributed by atoms with Crippen LogP contribution in [0.1, 0.15) is 17.5 Å². The molecule has 1 saturated heterocycles. The Balaban J connectivity index is 1.31. The molecule has 30 heavy (non-hydrogen) atoms. The molecule has 2 amide bonds. The van der Waals surface area contributed by atoms with Gasteiger partial charge in [-0.25, -0.2) is 4.39 Å². The third kappa shape index (κ3) is 4.46. The molecule has 0 aliphatic carbocycles. The second-order valence-corrected chi connectivity index (χ2v) is 7.96. The Morgan fingerprint density at radius 2 is 1.63 bits per heavy atom. The van der Waals surface area contributed by atoms with E-state index >= 15 is 0 Å². The average Bonchev–Trinajstić information content (AvgIpc) is 2.77. The fourth-order valence-corrected chi connectivity index (χ4v) is 4.36. The van der Waals surface area contributed by atoms with Gasteiger partial charge in [-0.3, -0.25) is 14.5 Å². The Hall–Kier alpha value is -2.93. The predicted octanol–water partition coefficient (Wildman–Crippen LogP) is 1.78. The SMILES string of the molecule is NC(=O)C1Cc2ccccc2CN1CCC(=O)N1CCN(c2ccc(F)cc2)CC1. The summed E-state index contributed by atoms with van der Waals surface area (Å²) in [6.07, 6.45) is 0.957. The van der Waals surface area contributed by atoms with E-state index in [4.69, 9.17) is 5.73 Å². The number of rotatable bonds is 5. The van der Waals surface area contributed by atoms with Gasteiger partial charge in [0.05, 0.1) is 6.04 Å². The van der Waals surface area contributed by atoms with Crippen LogP contribution in [0, 0.1) is 5.82 Å². The highest BCUT2D eigenvalue weighted by atomic mass is 19.1. The standard InChI is InChI=1S/C23H27FN4O2/c24-19-5-7-20(8-6-19)26-11-13-27(14-12-26)22(29)9-10-28-16-18-4-2-1-3-17(18)15-21(28)23(25)30/h1-8,21H,9-16H2,(H2,25,30). The summed E-state index contributed by atoms with van der Waals surface area (Å²) >= 11 is 0. The van der Waals surface area contributed by atoms with Gasteiger partial charge in [-0.1, -0.05) is 24.3 Å². The van der Waals surface area contributed by atoms with Gasteiger partial charge in [0.1, 0.15) is 5.82 Å². The first-order valence-electron chi connectivity index (χ1n) is 10.4. The number of fused-ring (bicyclic) bond motifs is 1. The number of carbonyl (C=O) groups is 2. The van der Waals surface area contributed by atoms with Crippen LogP contribution in [0.15, 0.2) is 48.5 Å².